The summed E-state index contributed by atoms with van der Waals surface area (Å²) in [6.07, 6.45) is 0.813. The highest BCUT2D eigenvalue weighted by Crippen LogP contribution is 2.42. The summed E-state index contributed by atoms with van der Waals surface area (Å²) in [6, 6.07) is 28.7. The van der Waals surface area contributed by atoms with Crippen molar-refractivity contribution in [1.29, 1.82) is 0 Å². The van der Waals surface area contributed by atoms with Crippen molar-refractivity contribution in [2.45, 2.75) is 19.4 Å². The molecule has 148 valence electrons. The van der Waals surface area contributed by atoms with Gasteiger partial charge in [0.1, 0.15) is 5.69 Å². The summed E-state index contributed by atoms with van der Waals surface area (Å²) in [7, 11) is 0. The molecule has 4 aromatic rings. The first kappa shape index (κ1) is 18.4. The van der Waals surface area contributed by atoms with Gasteiger partial charge in [0, 0.05) is 17.7 Å². The van der Waals surface area contributed by atoms with Crippen molar-refractivity contribution in [3.63, 3.8) is 0 Å². The number of carbonyl (C=O) groups is 1. The maximum absolute atomic E-state index is 13.4. The number of aromatic nitrogens is 2. The maximum Gasteiger partial charge on any atom is 0.273 e. The normalized spacial score (nSPS) is 15.4. The van der Waals surface area contributed by atoms with Gasteiger partial charge in [-0.25, -0.2) is 0 Å². The molecule has 30 heavy (non-hydrogen) atoms. The van der Waals surface area contributed by atoms with Crippen LogP contribution in [0.4, 0.5) is 0 Å². The number of fused-ring (bicyclic) bond motifs is 1. The Labute approximate surface area is 176 Å². The third-order valence-electron chi connectivity index (χ3n) is 5.79. The van der Waals surface area contributed by atoms with Gasteiger partial charge in [-0.1, -0.05) is 90.5 Å². The molecule has 0 fully saturated rings. The van der Waals surface area contributed by atoms with Gasteiger partial charge in [-0.3, -0.25) is 9.89 Å². The zero-order valence-electron chi connectivity index (χ0n) is 16.9. The average Bonchev–Trinajstić information content (AvgIpc) is 3.33. The zero-order chi connectivity index (χ0) is 20.5. The van der Waals surface area contributed by atoms with Crippen molar-refractivity contribution in [2.24, 2.45) is 0 Å². The molecule has 0 bridgehead atoms. The van der Waals surface area contributed by atoms with Gasteiger partial charge < -0.3 is 4.90 Å². The lowest BCUT2D eigenvalue weighted by Crippen LogP contribution is -2.31. The van der Waals surface area contributed by atoms with Gasteiger partial charge >= 0.3 is 0 Å². The van der Waals surface area contributed by atoms with E-state index in [0.717, 1.165) is 28.8 Å². The van der Waals surface area contributed by atoms with Crippen LogP contribution in [0.1, 0.15) is 38.8 Å². The summed E-state index contributed by atoms with van der Waals surface area (Å²) in [5.41, 5.74) is 6.99. The molecule has 1 aliphatic heterocycles. The lowest BCUT2D eigenvalue weighted by Gasteiger charge is -2.26. The smallest absolute Gasteiger partial charge is 0.273 e. The van der Waals surface area contributed by atoms with E-state index >= 15 is 0 Å². The van der Waals surface area contributed by atoms with Crippen LogP contribution < -0.4 is 0 Å². The van der Waals surface area contributed by atoms with Gasteiger partial charge in [-0.15, -0.1) is 0 Å². The van der Waals surface area contributed by atoms with Gasteiger partial charge in [-0.05, 0) is 24.5 Å². The zero-order valence-corrected chi connectivity index (χ0v) is 16.9. The maximum atomic E-state index is 13.4. The lowest BCUT2D eigenvalue weighted by atomic mass is 9.95. The van der Waals surface area contributed by atoms with Gasteiger partial charge in [0.15, 0.2) is 0 Å². The molecule has 1 aliphatic rings. The topological polar surface area (TPSA) is 49.0 Å². The molecule has 0 aliphatic carbocycles. The van der Waals surface area contributed by atoms with E-state index in [2.05, 4.69) is 53.5 Å². The number of carbonyl (C=O) groups excluding carboxylic acids is 1. The molecule has 0 saturated heterocycles. The number of nitrogens with one attached hydrogen (secondary N) is 1. The number of benzene rings is 3. The van der Waals surface area contributed by atoms with Crippen molar-refractivity contribution in [2.75, 3.05) is 6.54 Å². The van der Waals surface area contributed by atoms with E-state index in [1.165, 1.54) is 11.1 Å². The molecule has 4 heteroatoms. The molecule has 0 saturated carbocycles. The van der Waals surface area contributed by atoms with Crippen LogP contribution in [0.25, 0.3) is 11.3 Å². The second-order valence-corrected chi connectivity index (χ2v) is 7.77. The van der Waals surface area contributed by atoms with Crippen LogP contribution in [0.5, 0.6) is 0 Å². The SMILES string of the molecule is Cc1ccc(C2c3c(-c4ccccc4)n[nH]c3C(=O)N2CCc2ccccc2)cc1. The van der Waals surface area contributed by atoms with E-state index in [1.54, 1.807) is 0 Å². The third kappa shape index (κ3) is 3.20. The van der Waals surface area contributed by atoms with Crippen LogP contribution in [-0.2, 0) is 6.42 Å². The molecule has 1 N–H and O–H groups in total. The Morgan fingerprint density at radius 3 is 2.27 bits per heavy atom. The number of hydrogen-bond donors (Lipinski definition) is 1. The number of nitrogens with zero attached hydrogens (tertiary/aromatic N) is 2. The monoisotopic (exact) mass is 393 g/mol. The molecule has 5 rings (SSSR count). The van der Waals surface area contributed by atoms with Crippen molar-refractivity contribution in [3.05, 3.63) is 113 Å². The van der Waals surface area contributed by atoms with Crippen molar-refractivity contribution in [1.82, 2.24) is 15.1 Å². The fraction of sp³-hybridized carbons (Fsp3) is 0.154. The van der Waals surface area contributed by atoms with E-state index in [0.29, 0.717) is 12.2 Å². The lowest BCUT2D eigenvalue weighted by molar-refractivity contribution is 0.0746. The standard InChI is InChI=1S/C26H23N3O/c1-18-12-14-21(15-13-18)25-22-23(20-10-6-3-7-11-20)27-28-24(22)26(30)29(25)17-16-19-8-4-2-5-9-19/h2-15,25H,16-17H2,1H3,(H,27,28). The number of hydrogen-bond acceptors (Lipinski definition) is 2. The van der Waals surface area contributed by atoms with E-state index in [4.69, 9.17) is 0 Å². The largest absolute Gasteiger partial charge is 0.326 e. The van der Waals surface area contributed by atoms with Crippen LogP contribution in [0, 0.1) is 6.92 Å². The molecule has 3 aromatic carbocycles. The summed E-state index contributed by atoms with van der Waals surface area (Å²) in [4.78, 5) is 15.3. The first-order valence-electron chi connectivity index (χ1n) is 10.3. The van der Waals surface area contributed by atoms with Crippen molar-refractivity contribution in [3.8, 4) is 11.3 Å². The fourth-order valence-electron chi connectivity index (χ4n) is 4.23. The van der Waals surface area contributed by atoms with E-state index in [9.17, 15) is 4.79 Å². The number of rotatable bonds is 5. The minimum atomic E-state index is -0.147. The van der Waals surface area contributed by atoms with Gasteiger partial charge in [0.2, 0.25) is 0 Å². The summed E-state index contributed by atoms with van der Waals surface area (Å²) in [6.45, 7) is 2.73. The summed E-state index contributed by atoms with van der Waals surface area (Å²) in [5.74, 6) is 0.0150. The van der Waals surface area contributed by atoms with Crippen LogP contribution in [0.3, 0.4) is 0 Å². The average molecular weight is 393 g/mol. The summed E-state index contributed by atoms with van der Waals surface area (Å²) < 4.78 is 0. The molecule has 4 nitrogen and oxygen atoms in total. The Balaban J connectivity index is 1.57. The minimum absolute atomic E-state index is 0.0150. The molecule has 1 aromatic heterocycles. The molecular weight excluding hydrogens is 370 g/mol. The van der Waals surface area contributed by atoms with Crippen LogP contribution in [-0.4, -0.2) is 27.5 Å². The number of H-pyrrole nitrogens is 1. The Morgan fingerprint density at radius 1 is 0.900 bits per heavy atom. The van der Waals surface area contributed by atoms with Crippen LogP contribution >= 0.6 is 0 Å². The van der Waals surface area contributed by atoms with E-state index < -0.39 is 0 Å². The minimum Gasteiger partial charge on any atom is -0.326 e. The Kier molecular flexibility index (Phi) is 4.68. The quantitative estimate of drug-likeness (QED) is 0.508. The second-order valence-electron chi connectivity index (χ2n) is 7.77. The summed E-state index contributed by atoms with van der Waals surface area (Å²) in [5, 5.41) is 7.56. The van der Waals surface area contributed by atoms with E-state index in [-0.39, 0.29) is 11.9 Å². The van der Waals surface area contributed by atoms with Crippen molar-refractivity contribution >= 4 is 5.91 Å². The van der Waals surface area contributed by atoms with Gasteiger partial charge in [0.05, 0.1) is 11.7 Å². The molecule has 1 unspecified atom stereocenters. The van der Waals surface area contributed by atoms with Gasteiger partial charge in [0.25, 0.3) is 5.91 Å². The highest BCUT2D eigenvalue weighted by atomic mass is 16.2. The highest BCUT2D eigenvalue weighted by Gasteiger charge is 2.41. The van der Waals surface area contributed by atoms with Gasteiger partial charge in [-0.2, -0.15) is 5.10 Å². The predicted molar refractivity (Wildman–Crippen MR) is 118 cm³/mol. The molecule has 1 amide bonds. The van der Waals surface area contributed by atoms with Crippen LogP contribution in [0.2, 0.25) is 0 Å². The van der Waals surface area contributed by atoms with Crippen molar-refractivity contribution < 1.29 is 4.79 Å². The Bertz CT molecular complexity index is 1160. The first-order chi connectivity index (χ1) is 14.7. The number of aryl methyl sites for hydroxylation is 1. The second kappa shape index (κ2) is 7.64. The van der Waals surface area contributed by atoms with E-state index in [1.807, 2.05) is 53.4 Å². The fourth-order valence-corrected chi connectivity index (χ4v) is 4.23. The summed E-state index contributed by atoms with van der Waals surface area (Å²) >= 11 is 0. The molecular formula is C26H23N3O. The first-order valence-corrected chi connectivity index (χ1v) is 10.3. The highest BCUT2D eigenvalue weighted by molar-refractivity contribution is 6.00. The number of amides is 1. The Morgan fingerprint density at radius 2 is 1.57 bits per heavy atom. The molecule has 2 heterocycles. The van der Waals surface area contributed by atoms with Crippen LogP contribution in [0.15, 0.2) is 84.9 Å². The predicted octanol–water partition coefficient (Wildman–Crippen LogP) is 5.17. The number of aromatic amines is 1. The molecule has 0 radical (unpaired) electrons. The third-order valence-corrected chi connectivity index (χ3v) is 5.79. The molecule has 0 spiro atoms. The molecule has 1 atom stereocenters. The Hall–Kier alpha value is -3.66.